The molecule has 0 amide bonds. The van der Waals surface area contributed by atoms with Gasteiger partial charge in [0.2, 0.25) is 0 Å². The third kappa shape index (κ3) is 7.19. The van der Waals surface area contributed by atoms with E-state index >= 15 is 0 Å². The highest BCUT2D eigenvalue weighted by Gasteiger charge is 2.37. The van der Waals surface area contributed by atoms with Crippen LogP contribution in [0.15, 0.2) is 32.0 Å². The monoisotopic (exact) mass is 496 g/mol. The van der Waals surface area contributed by atoms with E-state index in [9.17, 15) is 19.2 Å². The van der Waals surface area contributed by atoms with Gasteiger partial charge in [-0.2, -0.15) is 9.97 Å². The van der Waals surface area contributed by atoms with Gasteiger partial charge in [-0.25, -0.2) is 0 Å². The largest absolute Gasteiger partial charge is 0.465 e. The van der Waals surface area contributed by atoms with Crippen molar-refractivity contribution in [3.63, 3.8) is 0 Å². The van der Waals surface area contributed by atoms with Gasteiger partial charge in [-0.3, -0.25) is 19.2 Å². The summed E-state index contributed by atoms with van der Waals surface area (Å²) in [5.41, 5.74) is -0.342. The molecule has 2 aromatic heterocycles. The van der Waals surface area contributed by atoms with Gasteiger partial charge in [-0.1, -0.05) is 23.5 Å². The lowest BCUT2D eigenvalue weighted by Crippen LogP contribution is -2.43. The van der Waals surface area contributed by atoms with Gasteiger partial charge in [-0.15, -0.1) is 0 Å². The van der Waals surface area contributed by atoms with Crippen LogP contribution in [0.5, 0.6) is 0 Å². The van der Waals surface area contributed by atoms with Gasteiger partial charge >= 0.3 is 11.9 Å². The van der Waals surface area contributed by atoms with E-state index in [1.54, 1.807) is 26.4 Å². The van der Waals surface area contributed by atoms with Crippen LogP contribution in [0.3, 0.4) is 0 Å². The number of carbonyl (C=O) groups excluding carboxylic acids is 2. The zero-order valence-corrected chi connectivity index (χ0v) is 21.2. The summed E-state index contributed by atoms with van der Waals surface area (Å²) in [5.74, 6) is -0.969. The molecule has 0 aliphatic heterocycles. The molecule has 0 aromatic carbocycles. The van der Waals surface area contributed by atoms with E-state index < -0.39 is 17.4 Å². The minimum atomic E-state index is -0.949. The molecule has 2 heterocycles. The Hall–Kier alpha value is -2.60. The highest BCUT2D eigenvalue weighted by atomic mass is 32.2. The highest BCUT2D eigenvalue weighted by molar-refractivity contribution is 7.98. The zero-order chi connectivity index (χ0) is 24.8. The van der Waals surface area contributed by atoms with Crippen molar-refractivity contribution in [2.24, 2.45) is 5.41 Å². The minimum absolute atomic E-state index is 0.0750. The molecule has 0 unspecified atom stereocenters. The van der Waals surface area contributed by atoms with Gasteiger partial charge in [0.1, 0.15) is 13.2 Å². The molecule has 0 saturated carbocycles. The maximum Gasteiger partial charge on any atom is 0.302 e. The first-order valence-electron chi connectivity index (χ1n) is 10.0. The smallest absolute Gasteiger partial charge is 0.302 e. The van der Waals surface area contributed by atoms with E-state index in [4.69, 9.17) is 9.47 Å². The Kier molecular flexibility index (Phi) is 9.29. The lowest BCUT2D eigenvalue weighted by atomic mass is 9.88. The van der Waals surface area contributed by atoms with Gasteiger partial charge in [0.05, 0.1) is 5.41 Å². The standard InChI is InChI=1S/C21H28N4O6S2/c1-13-7-17(28)22-19(32-5)24(13)9-21(11-30-15(3)26,12-31-16(4)27)10-25-14(2)8-18(29)23-20(25)33-6/h7-8H,9-12H2,1-6H3. The lowest BCUT2D eigenvalue weighted by Gasteiger charge is -2.36. The quantitative estimate of drug-likeness (QED) is 0.273. The summed E-state index contributed by atoms with van der Waals surface area (Å²) in [6.45, 7) is 6.47. The SMILES string of the molecule is CSc1nc(=O)cc(C)n1CC(COC(C)=O)(COC(C)=O)Cn1c(C)cc(=O)nc1SC. The van der Waals surface area contributed by atoms with Crippen LogP contribution in [-0.4, -0.2) is 56.8 Å². The van der Waals surface area contributed by atoms with Crippen LogP contribution in [0.25, 0.3) is 0 Å². The summed E-state index contributed by atoms with van der Waals surface area (Å²) in [6, 6.07) is 2.84. The number of rotatable bonds is 10. The highest BCUT2D eigenvalue weighted by Crippen LogP contribution is 2.29. The van der Waals surface area contributed by atoms with E-state index in [1.165, 1.54) is 49.5 Å². The topological polar surface area (TPSA) is 122 Å². The summed E-state index contributed by atoms with van der Waals surface area (Å²) in [5, 5.41) is 0.963. The number of hydrogen-bond donors (Lipinski definition) is 0. The molecule has 0 radical (unpaired) electrons. The number of esters is 2. The van der Waals surface area contributed by atoms with Crippen molar-refractivity contribution in [3.8, 4) is 0 Å². The third-order valence-electron chi connectivity index (χ3n) is 4.91. The molecule has 0 aliphatic carbocycles. The van der Waals surface area contributed by atoms with Crippen LogP contribution in [0.4, 0.5) is 0 Å². The predicted octanol–water partition coefficient (Wildman–Crippen LogP) is 1.67. The Bertz CT molecular complexity index is 1060. The Labute approximate surface area is 200 Å². The van der Waals surface area contributed by atoms with Gasteiger partial charge in [-0.05, 0) is 26.4 Å². The molecule has 2 aromatic rings. The van der Waals surface area contributed by atoms with Crippen molar-refractivity contribution in [1.29, 1.82) is 0 Å². The number of hydrogen-bond acceptors (Lipinski definition) is 10. The number of aromatic nitrogens is 4. The molecule has 2 rings (SSSR count). The zero-order valence-electron chi connectivity index (χ0n) is 19.5. The van der Waals surface area contributed by atoms with E-state index in [2.05, 4.69) is 9.97 Å². The van der Waals surface area contributed by atoms with Crippen LogP contribution >= 0.6 is 23.5 Å². The molecular weight excluding hydrogens is 468 g/mol. The van der Waals surface area contributed by atoms with Crippen molar-refractivity contribution < 1.29 is 19.1 Å². The summed E-state index contributed by atoms with van der Waals surface area (Å²) in [4.78, 5) is 55.6. The Morgan fingerprint density at radius 3 is 1.52 bits per heavy atom. The molecule has 10 nitrogen and oxygen atoms in total. The first-order chi connectivity index (χ1) is 15.5. The Morgan fingerprint density at radius 2 is 1.21 bits per heavy atom. The summed E-state index contributed by atoms with van der Waals surface area (Å²) >= 11 is 2.61. The van der Waals surface area contributed by atoms with Gasteiger partial charge < -0.3 is 18.6 Å². The Balaban J connectivity index is 2.69. The van der Waals surface area contributed by atoms with Gasteiger partial charge in [0, 0.05) is 50.5 Å². The molecule has 180 valence electrons. The molecular formula is C21H28N4O6S2. The second-order valence-electron chi connectivity index (χ2n) is 7.68. The van der Waals surface area contributed by atoms with Crippen molar-refractivity contribution in [2.45, 2.75) is 51.1 Å². The molecule has 0 bridgehead atoms. The molecule has 0 aliphatic rings. The lowest BCUT2D eigenvalue weighted by molar-refractivity contribution is -0.153. The summed E-state index contributed by atoms with van der Waals surface area (Å²) in [6.07, 6.45) is 3.61. The van der Waals surface area contributed by atoms with Crippen LogP contribution in [-0.2, 0) is 32.2 Å². The normalized spacial score (nSPS) is 11.3. The van der Waals surface area contributed by atoms with Gasteiger partial charge in [0.15, 0.2) is 10.3 Å². The van der Waals surface area contributed by atoms with Crippen molar-refractivity contribution in [3.05, 3.63) is 44.2 Å². The molecule has 0 spiro atoms. The van der Waals surface area contributed by atoms with E-state index in [0.717, 1.165) is 0 Å². The second kappa shape index (κ2) is 11.5. The fraction of sp³-hybridized carbons (Fsp3) is 0.524. The molecule has 0 fully saturated rings. The fourth-order valence-corrected chi connectivity index (χ4v) is 4.56. The second-order valence-corrected chi connectivity index (χ2v) is 9.22. The maximum atomic E-state index is 11.9. The van der Waals surface area contributed by atoms with Crippen LogP contribution < -0.4 is 11.1 Å². The third-order valence-corrected chi connectivity index (χ3v) is 6.26. The number of aryl methyl sites for hydroxylation is 2. The number of thioether (sulfide) groups is 2. The van der Waals surface area contributed by atoms with Gasteiger partial charge in [0.25, 0.3) is 11.1 Å². The summed E-state index contributed by atoms with van der Waals surface area (Å²) < 4.78 is 14.5. The first kappa shape index (κ1) is 26.7. The average Bonchev–Trinajstić information content (AvgIpc) is 2.73. The van der Waals surface area contributed by atoms with Crippen LogP contribution in [0, 0.1) is 19.3 Å². The summed E-state index contributed by atoms with van der Waals surface area (Å²) in [7, 11) is 0. The van der Waals surface area contributed by atoms with Crippen molar-refractivity contribution in [2.75, 3.05) is 25.7 Å². The number of carbonyl (C=O) groups is 2. The Morgan fingerprint density at radius 1 is 0.848 bits per heavy atom. The average molecular weight is 497 g/mol. The van der Waals surface area contributed by atoms with Crippen LogP contribution in [0.1, 0.15) is 25.2 Å². The molecule has 33 heavy (non-hydrogen) atoms. The molecule has 12 heteroatoms. The van der Waals surface area contributed by atoms with E-state index in [1.807, 2.05) is 9.13 Å². The van der Waals surface area contributed by atoms with Crippen molar-refractivity contribution in [1.82, 2.24) is 19.1 Å². The molecule has 0 N–H and O–H groups in total. The predicted molar refractivity (Wildman–Crippen MR) is 126 cm³/mol. The number of ether oxygens (including phenoxy) is 2. The first-order valence-corrected chi connectivity index (χ1v) is 12.5. The maximum absolute atomic E-state index is 11.9. The fourth-order valence-electron chi connectivity index (χ4n) is 3.34. The minimum Gasteiger partial charge on any atom is -0.465 e. The van der Waals surface area contributed by atoms with E-state index in [-0.39, 0.29) is 37.4 Å². The number of nitrogens with zero attached hydrogens (tertiary/aromatic N) is 4. The van der Waals surface area contributed by atoms with Crippen molar-refractivity contribution >= 4 is 35.5 Å². The molecule has 0 saturated heterocycles. The molecule has 0 atom stereocenters. The van der Waals surface area contributed by atoms with E-state index in [0.29, 0.717) is 21.7 Å². The van der Waals surface area contributed by atoms with Crippen LogP contribution in [0.2, 0.25) is 0 Å².